The van der Waals surface area contributed by atoms with Gasteiger partial charge >= 0.3 is 0 Å². The second kappa shape index (κ2) is 7.44. The quantitative estimate of drug-likeness (QED) is 0.869. The summed E-state index contributed by atoms with van der Waals surface area (Å²) in [6, 6.07) is 12.3. The maximum Gasteiger partial charge on any atom is 0.251 e. The first-order valence-electron chi connectivity index (χ1n) is 7.35. The number of nitrogens with zero attached hydrogens (tertiary/aromatic N) is 1. The van der Waals surface area contributed by atoms with Crippen molar-refractivity contribution in [2.45, 2.75) is 6.92 Å². The molecule has 2 aromatic rings. The SMILES string of the molecule is Cc1cccc(C(=O)NCCN(c2ccc(F)cc2)S(C)(=O)=O)c1. The number of hydrogen-bond donors (Lipinski definition) is 1. The first-order valence-corrected chi connectivity index (χ1v) is 9.20. The number of carbonyl (C=O) groups is 1. The normalized spacial score (nSPS) is 11.1. The summed E-state index contributed by atoms with van der Waals surface area (Å²) in [5, 5.41) is 2.69. The molecule has 24 heavy (non-hydrogen) atoms. The number of amides is 1. The van der Waals surface area contributed by atoms with Crippen molar-refractivity contribution in [2.24, 2.45) is 0 Å². The molecule has 0 bridgehead atoms. The van der Waals surface area contributed by atoms with Crippen molar-refractivity contribution >= 4 is 21.6 Å². The molecule has 0 atom stereocenters. The van der Waals surface area contributed by atoms with Gasteiger partial charge in [0.05, 0.1) is 18.5 Å². The molecule has 2 aromatic carbocycles. The molecule has 0 saturated carbocycles. The van der Waals surface area contributed by atoms with Crippen molar-refractivity contribution in [1.29, 1.82) is 0 Å². The summed E-state index contributed by atoms with van der Waals surface area (Å²) in [5.74, 6) is -0.716. The highest BCUT2D eigenvalue weighted by Crippen LogP contribution is 2.17. The fraction of sp³-hybridized carbons (Fsp3) is 0.235. The molecule has 7 heteroatoms. The predicted octanol–water partition coefficient (Wildman–Crippen LogP) is 2.33. The third-order valence-corrected chi connectivity index (χ3v) is 4.59. The van der Waals surface area contributed by atoms with Crippen molar-refractivity contribution < 1.29 is 17.6 Å². The lowest BCUT2D eigenvalue weighted by Gasteiger charge is -2.22. The lowest BCUT2D eigenvalue weighted by atomic mass is 10.1. The molecule has 0 fully saturated rings. The molecule has 0 aliphatic rings. The van der Waals surface area contributed by atoms with Crippen LogP contribution in [0.1, 0.15) is 15.9 Å². The number of anilines is 1. The van der Waals surface area contributed by atoms with E-state index in [1.807, 2.05) is 13.0 Å². The Morgan fingerprint density at radius 1 is 1.17 bits per heavy atom. The number of aryl methyl sites for hydroxylation is 1. The molecule has 1 amide bonds. The van der Waals surface area contributed by atoms with Gasteiger partial charge in [0.25, 0.3) is 5.91 Å². The van der Waals surface area contributed by atoms with Gasteiger partial charge in [0.2, 0.25) is 10.0 Å². The zero-order valence-corrected chi connectivity index (χ0v) is 14.3. The summed E-state index contributed by atoms with van der Waals surface area (Å²) in [5.41, 5.74) is 1.83. The van der Waals surface area contributed by atoms with E-state index in [0.717, 1.165) is 16.1 Å². The average molecular weight is 350 g/mol. The summed E-state index contributed by atoms with van der Waals surface area (Å²) in [4.78, 5) is 12.1. The predicted molar refractivity (Wildman–Crippen MR) is 92.1 cm³/mol. The molecule has 0 aliphatic carbocycles. The topological polar surface area (TPSA) is 66.5 Å². The first-order chi connectivity index (χ1) is 11.3. The minimum absolute atomic E-state index is 0.0576. The lowest BCUT2D eigenvalue weighted by Crippen LogP contribution is -2.38. The molecular formula is C17H19FN2O3S. The fourth-order valence-corrected chi connectivity index (χ4v) is 3.18. The van der Waals surface area contributed by atoms with Crippen LogP contribution >= 0.6 is 0 Å². The van der Waals surface area contributed by atoms with Gasteiger partial charge in [0, 0.05) is 12.1 Å². The van der Waals surface area contributed by atoms with E-state index < -0.39 is 15.8 Å². The van der Waals surface area contributed by atoms with E-state index in [4.69, 9.17) is 0 Å². The molecule has 0 spiro atoms. The Bertz CT molecular complexity index is 820. The zero-order chi connectivity index (χ0) is 17.7. The Morgan fingerprint density at radius 2 is 1.83 bits per heavy atom. The molecule has 2 rings (SSSR count). The largest absolute Gasteiger partial charge is 0.350 e. The first kappa shape index (κ1) is 17.9. The highest BCUT2D eigenvalue weighted by atomic mass is 32.2. The monoisotopic (exact) mass is 350 g/mol. The lowest BCUT2D eigenvalue weighted by molar-refractivity contribution is 0.0954. The van der Waals surface area contributed by atoms with Crippen LogP contribution in [0.2, 0.25) is 0 Å². The number of sulfonamides is 1. The molecule has 0 aliphatic heterocycles. The minimum Gasteiger partial charge on any atom is -0.350 e. The van der Waals surface area contributed by atoms with Gasteiger partial charge in [-0.15, -0.1) is 0 Å². The number of nitrogens with one attached hydrogen (secondary N) is 1. The molecule has 5 nitrogen and oxygen atoms in total. The number of rotatable bonds is 6. The third-order valence-electron chi connectivity index (χ3n) is 3.40. The molecule has 0 radical (unpaired) electrons. The maximum absolute atomic E-state index is 13.0. The highest BCUT2D eigenvalue weighted by Gasteiger charge is 2.17. The van der Waals surface area contributed by atoms with Crippen LogP contribution in [0.4, 0.5) is 10.1 Å². The maximum atomic E-state index is 13.0. The van der Waals surface area contributed by atoms with Gasteiger partial charge in [0.15, 0.2) is 0 Å². The Hall–Kier alpha value is -2.41. The van der Waals surface area contributed by atoms with Gasteiger partial charge in [0.1, 0.15) is 5.82 Å². The van der Waals surface area contributed by atoms with Crippen molar-refractivity contribution in [1.82, 2.24) is 5.32 Å². The molecule has 0 heterocycles. The standard InChI is InChI=1S/C17H19FN2O3S/c1-13-4-3-5-14(12-13)17(21)19-10-11-20(24(2,22)23)16-8-6-15(18)7-9-16/h3-9,12H,10-11H2,1-2H3,(H,19,21). The highest BCUT2D eigenvalue weighted by molar-refractivity contribution is 7.92. The van der Waals surface area contributed by atoms with Crippen LogP contribution in [-0.4, -0.2) is 33.7 Å². The van der Waals surface area contributed by atoms with E-state index in [1.54, 1.807) is 18.2 Å². The van der Waals surface area contributed by atoms with E-state index in [1.165, 1.54) is 24.3 Å². The van der Waals surface area contributed by atoms with E-state index in [-0.39, 0.29) is 19.0 Å². The number of carbonyl (C=O) groups excluding carboxylic acids is 1. The van der Waals surface area contributed by atoms with Gasteiger partial charge < -0.3 is 5.32 Å². The van der Waals surface area contributed by atoms with Crippen molar-refractivity contribution in [3.05, 3.63) is 65.5 Å². The second-order valence-electron chi connectivity index (χ2n) is 5.44. The van der Waals surface area contributed by atoms with Crippen LogP contribution in [0.15, 0.2) is 48.5 Å². The van der Waals surface area contributed by atoms with Crippen LogP contribution in [0.25, 0.3) is 0 Å². The van der Waals surface area contributed by atoms with Crippen LogP contribution in [0, 0.1) is 12.7 Å². The molecule has 128 valence electrons. The van der Waals surface area contributed by atoms with E-state index >= 15 is 0 Å². The van der Waals surface area contributed by atoms with Gasteiger partial charge in [-0.3, -0.25) is 9.10 Å². The zero-order valence-electron chi connectivity index (χ0n) is 13.5. The van der Waals surface area contributed by atoms with Gasteiger partial charge in [-0.25, -0.2) is 12.8 Å². The van der Waals surface area contributed by atoms with Crippen LogP contribution < -0.4 is 9.62 Å². The number of benzene rings is 2. The summed E-state index contributed by atoms with van der Waals surface area (Å²) >= 11 is 0. The molecular weight excluding hydrogens is 331 g/mol. The van der Waals surface area contributed by atoms with Crippen molar-refractivity contribution in [3.63, 3.8) is 0 Å². The Balaban J connectivity index is 2.04. The fourth-order valence-electron chi connectivity index (χ4n) is 2.25. The van der Waals surface area contributed by atoms with Crippen LogP contribution in [-0.2, 0) is 10.0 Å². The number of hydrogen-bond acceptors (Lipinski definition) is 3. The van der Waals surface area contributed by atoms with E-state index in [0.29, 0.717) is 11.3 Å². The summed E-state index contributed by atoms with van der Waals surface area (Å²) in [7, 11) is -3.54. The van der Waals surface area contributed by atoms with Crippen molar-refractivity contribution in [3.8, 4) is 0 Å². The molecule has 1 N–H and O–H groups in total. The van der Waals surface area contributed by atoms with Crippen LogP contribution in [0.5, 0.6) is 0 Å². The second-order valence-corrected chi connectivity index (χ2v) is 7.34. The van der Waals surface area contributed by atoms with E-state index in [9.17, 15) is 17.6 Å². The summed E-state index contributed by atoms with van der Waals surface area (Å²) < 4.78 is 38.0. The van der Waals surface area contributed by atoms with Crippen molar-refractivity contribution in [2.75, 3.05) is 23.7 Å². The third kappa shape index (κ3) is 4.79. The average Bonchev–Trinajstić information content (AvgIpc) is 2.51. The Labute approximate surface area is 141 Å². The van der Waals surface area contributed by atoms with Gasteiger partial charge in [-0.1, -0.05) is 17.7 Å². The van der Waals surface area contributed by atoms with E-state index in [2.05, 4.69) is 5.32 Å². The van der Waals surface area contributed by atoms with Gasteiger partial charge in [-0.2, -0.15) is 0 Å². The van der Waals surface area contributed by atoms with Gasteiger partial charge in [-0.05, 0) is 43.3 Å². The molecule has 0 aromatic heterocycles. The van der Waals surface area contributed by atoms with Crippen LogP contribution in [0.3, 0.4) is 0 Å². The molecule has 0 unspecified atom stereocenters. The minimum atomic E-state index is -3.54. The Morgan fingerprint density at radius 3 is 2.42 bits per heavy atom. The Kier molecular flexibility index (Phi) is 5.56. The summed E-state index contributed by atoms with van der Waals surface area (Å²) in [6.07, 6.45) is 1.07. The molecule has 0 saturated heterocycles. The number of halogens is 1. The summed E-state index contributed by atoms with van der Waals surface area (Å²) in [6.45, 7) is 2.08. The smallest absolute Gasteiger partial charge is 0.251 e.